The summed E-state index contributed by atoms with van der Waals surface area (Å²) >= 11 is 3.35. The first-order valence-electron chi connectivity index (χ1n) is 46.1. The second kappa shape index (κ2) is 61.2. The molecule has 10 heterocycles. The van der Waals surface area contributed by atoms with Gasteiger partial charge in [0, 0.05) is 66.7 Å². The van der Waals surface area contributed by atoms with Gasteiger partial charge in [0.05, 0.1) is 17.9 Å². The van der Waals surface area contributed by atoms with Crippen molar-refractivity contribution in [3.8, 4) is 124 Å². The van der Waals surface area contributed by atoms with Gasteiger partial charge in [-0.05, 0) is 176 Å². The minimum absolute atomic E-state index is 0. The molecule has 0 bridgehead atoms. The molecule has 1 aliphatic rings. The van der Waals surface area contributed by atoms with Crippen LogP contribution in [0.15, 0.2) is 497 Å². The van der Waals surface area contributed by atoms with Gasteiger partial charge >= 0.3 is 67.4 Å². The van der Waals surface area contributed by atoms with Crippen LogP contribution in [0.2, 0.25) is 0 Å². The van der Waals surface area contributed by atoms with Crippen molar-refractivity contribution >= 4 is 28.5 Å². The summed E-state index contributed by atoms with van der Waals surface area (Å²) in [6, 6.07) is 171. The Bertz CT molecular complexity index is 6220. The van der Waals surface area contributed by atoms with Crippen LogP contribution in [0.1, 0.15) is 44.4 Å². The Kier molecular flexibility index (Phi) is 47.3. The molecule has 144 heavy (non-hydrogen) atoms. The van der Waals surface area contributed by atoms with Crippen LogP contribution in [-0.4, -0.2) is 69.9 Å². The van der Waals surface area contributed by atoms with Crippen molar-refractivity contribution < 1.29 is 74.0 Å². The third kappa shape index (κ3) is 36.7. The van der Waals surface area contributed by atoms with Crippen LogP contribution in [0.4, 0.5) is 4.39 Å². The van der Waals surface area contributed by atoms with E-state index in [-0.39, 0.29) is 85.3 Å². The molecule has 1 aliphatic heterocycles. The number of hydrogen-bond acceptors (Lipinski definition) is 11. The van der Waals surface area contributed by atoms with Crippen LogP contribution in [0, 0.1) is 68.4 Å². The van der Waals surface area contributed by atoms with E-state index < -0.39 is 0 Å². The summed E-state index contributed by atoms with van der Waals surface area (Å²) in [6.07, 6.45) is 16.6. The Balaban J connectivity index is 0.000000166. The fourth-order valence-electron chi connectivity index (χ4n) is 13.6. The zero-order valence-electron chi connectivity index (χ0n) is 80.4. The van der Waals surface area contributed by atoms with E-state index in [1.807, 2.05) is 388 Å². The van der Waals surface area contributed by atoms with Crippen molar-refractivity contribution in [3.63, 3.8) is 0 Å². The van der Waals surface area contributed by atoms with E-state index in [4.69, 9.17) is 9.31 Å². The molecule has 0 saturated carbocycles. The fourth-order valence-corrected chi connectivity index (χ4v) is 13.9. The quantitative estimate of drug-likeness (QED) is 0.0761. The summed E-state index contributed by atoms with van der Waals surface area (Å²) < 4.78 is 25.6. The van der Waals surface area contributed by atoms with Gasteiger partial charge in [-0.25, -0.2) is 0 Å². The van der Waals surface area contributed by atoms with Gasteiger partial charge in [0.2, 0.25) is 0 Å². The summed E-state index contributed by atoms with van der Waals surface area (Å²) in [4.78, 5) is 38.4. The van der Waals surface area contributed by atoms with Crippen LogP contribution < -0.4 is 5.46 Å². The first-order chi connectivity index (χ1) is 69.2. The van der Waals surface area contributed by atoms with Gasteiger partial charge in [0.25, 0.3) is 0 Å². The van der Waals surface area contributed by atoms with Gasteiger partial charge in [-0.2, -0.15) is 0 Å². The molecule has 9 aromatic heterocycles. The number of benzene rings is 12. The van der Waals surface area contributed by atoms with Gasteiger partial charge in [-0.1, -0.05) is 197 Å². The maximum atomic E-state index is 12.3. The first kappa shape index (κ1) is 111. The molecule has 1 fully saturated rings. The van der Waals surface area contributed by atoms with E-state index in [2.05, 4.69) is 212 Å². The Morgan fingerprint density at radius 2 is 0.465 bits per heavy atom. The Morgan fingerprint density at radius 1 is 0.243 bits per heavy atom. The molecule has 12 aromatic carbocycles. The standard InChI is InChI=1S/C19H15FN.C18H14N.C17H19BNO2.6C11H8N.C7H7Br.3Ir/c20-12-11-15-7-9-16(10-8-15)17-4-3-5-18(14-17)19-6-1-2-13-21-19;1-14-8-10-15(11-9-14)16-5-4-6-17(13-16)18-7-2-3-12-19-18;1-16(2)17(3,4)21-18(20-16)14-9-7-8-13(12-14)15-10-5-6-11-19-15;6*1-2-6-10(7-3-1)11-8-4-5-9-12-11;1-6-2-4-7(8)5-3-6;;;/h1-4,6-10,13-14H,11-12H2;2-5,7-13H,1H3;5-7,9-12H,1-4H3;6*1-6,8-9H;2-5H,1H3;;;/q9*-1;;3*+3. The average Bonchev–Trinajstić information content (AvgIpc) is 1.62. The van der Waals surface area contributed by atoms with Crippen LogP contribution in [0.3, 0.4) is 0 Å². The number of rotatable bonds is 14. The summed E-state index contributed by atoms with van der Waals surface area (Å²) in [5, 5.41) is 0. The molecule has 1 saturated heterocycles. The largest absolute Gasteiger partial charge is 3.00 e. The molecule has 0 amide bonds. The Hall–Kier alpha value is -14.7. The maximum absolute atomic E-state index is 12.3. The van der Waals surface area contributed by atoms with Crippen molar-refractivity contribution in [2.45, 2.75) is 59.2 Å². The number of pyridine rings is 9. The van der Waals surface area contributed by atoms with E-state index >= 15 is 0 Å². The summed E-state index contributed by atoms with van der Waals surface area (Å²) in [7, 11) is -0.355. The SMILES string of the molecule is CC1(C)OB(c2cc[c-]c(-c3ccccn3)c2)OC1(C)C.Cc1ccc(-c2cc[c-]c(-c3ccccn3)c2)cc1.Cc1ccc(Br)cc1.FCCc1ccc(-c2cc[c-]c(-c3ccccn3)c2)cc1.[Ir+3].[Ir+3].[Ir+3].[c-]1ccccc1-c1ccccn1.[c-]1ccccc1-c1ccccn1.[c-]1ccccc1-c1ccccn1.[c-]1ccccc1-c1ccccn1.[c-]1ccccc1-c1ccccn1.[c-]1ccccc1-c1ccccn1. The van der Waals surface area contributed by atoms with E-state index in [1.165, 1.54) is 22.3 Å². The number of halogens is 2. The fraction of sp³-hybridized carbons (Fsp3) is 0.0787. The summed E-state index contributed by atoms with van der Waals surface area (Å²) in [5.74, 6) is 0. The molecular formula is C127H103BBrFIr3N9O2. The van der Waals surface area contributed by atoms with Gasteiger partial charge in [0.1, 0.15) is 0 Å². The molecule has 0 aliphatic carbocycles. The molecular weight excluding hydrogens is 2370 g/mol. The second-order valence-corrected chi connectivity index (χ2v) is 33.4. The van der Waals surface area contributed by atoms with E-state index in [1.54, 1.807) is 49.6 Å². The van der Waals surface area contributed by atoms with Gasteiger partial charge < -0.3 is 54.2 Å². The zero-order chi connectivity index (χ0) is 98.0. The number of aryl methyl sites for hydroxylation is 3. The van der Waals surface area contributed by atoms with Crippen molar-refractivity contribution in [2.24, 2.45) is 0 Å². The molecule has 21 aromatic rings. The summed E-state index contributed by atoms with van der Waals surface area (Å²) in [5.41, 5.74) is 26.3. The Morgan fingerprint density at radius 3 is 0.694 bits per heavy atom. The van der Waals surface area contributed by atoms with Crippen LogP contribution in [0.5, 0.6) is 0 Å². The van der Waals surface area contributed by atoms with Crippen LogP contribution >= 0.6 is 15.9 Å². The third-order valence-electron chi connectivity index (χ3n) is 21.7. The minimum atomic E-state index is -0.355. The van der Waals surface area contributed by atoms with E-state index in [0.717, 1.165) is 128 Å². The predicted molar refractivity (Wildman–Crippen MR) is 576 cm³/mol. The summed E-state index contributed by atoms with van der Waals surface area (Å²) in [6.45, 7) is 12.1. The third-order valence-corrected chi connectivity index (χ3v) is 22.3. The van der Waals surface area contributed by atoms with Gasteiger partial charge in [-0.15, -0.1) is 321 Å². The molecule has 0 N–H and O–H groups in total. The normalized spacial score (nSPS) is 11.1. The van der Waals surface area contributed by atoms with Crippen LogP contribution in [-0.2, 0) is 76.0 Å². The first-order valence-corrected chi connectivity index (χ1v) is 46.8. The number of nitrogens with zero attached hydrogens (tertiary/aromatic N) is 9. The number of hydrogen-bond donors (Lipinski definition) is 0. The maximum Gasteiger partial charge on any atom is 3.00 e. The number of alkyl halides is 1. The van der Waals surface area contributed by atoms with Crippen molar-refractivity contribution in [2.75, 3.05) is 6.67 Å². The molecule has 712 valence electrons. The molecule has 0 spiro atoms. The molecule has 0 atom stereocenters. The van der Waals surface area contributed by atoms with E-state index in [9.17, 15) is 4.39 Å². The molecule has 0 unspecified atom stereocenters. The molecule has 22 rings (SSSR count). The zero-order valence-corrected chi connectivity index (χ0v) is 89.1. The van der Waals surface area contributed by atoms with Crippen LogP contribution in [0.25, 0.3) is 124 Å². The monoisotopic (exact) mass is 2470 g/mol. The predicted octanol–water partition coefficient (Wildman–Crippen LogP) is 30.1. The van der Waals surface area contributed by atoms with Crippen molar-refractivity contribution in [3.05, 3.63) is 568 Å². The topological polar surface area (TPSA) is 134 Å². The van der Waals surface area contributed by atoms with Crippen molar-refractivity contribution in [1.29, 1.82) is 0 Å². The second-order valence-electron chi connectivity index (χ2n) is 32.5. The Labute approximate surface area is 897 Å². The van der Waals surface area contributed by atoms with Gasteiger partial charge in [-0.3, -0.25) is 4.39 Å². The van der Waals surface area contributed by atoms with Crippen molar-refractivity contribution in [1.82, 2.24) is 44.9 Å². The molecule has 17 heteroatoms. The molecule has 11 nitrogen and oxygen atoms in total. The number of aromatic nitrogens is 9. The van der Waals surface area contributed by atoms with Gasteiger partial charge in [0.15, 0.2) is 0 Å². The minimum Gasteiger partial charge on any atom is -0.400 e. The van der Waals surface area contributed by atoms with E-state index in [0.29, 0.717) is 6.42 Å². The smallest absolute Gasteiger partial charge is 0.400 e. The molecule has 0 radical (unpaired) electrons. The average molecular weight is 2470 g/mol.